The minimum atomic E-state index is -0.761. The molecule has 0 atom stereocenters. The van der Waals surface area contributed by atoms with Gasteiger partial charge in [-0.15, -0.1) is 0 Å². The van der Waals surface area contributed by atoms with Crippen molar-refractivity contribution in [3.63, 3.8) is 0 Å². The molecule has 1 heterocycles. The topological polar surface area (TPSA) is 97.0 Å². The maximum Gasteiger partial charge on any atom is 0.262 e. The van der Waals surface area contributed by atoms with Gasteiger partial charge in [-0.05, 0) is 25.0 Å². The molecule has 2 aromatic rings. The number of hydrogen-bond acceptors (Lipinski definition) is 6. The van der Waals surface area contributed by atoms with Crippen molar-refractivity contribution in [3.05, 3.63) is 34.6 Å². The Kier molecular flexibility index (Phi) is 6.70. The van der Waals surface area contributed by atoms with Crippen LogP contribution in [-0.2, 0) is 16.1 Å². The van der Waals surface area contributed by atoms with Crippen LogP contribution >= 0.6 is 11.8 Å². The van der Waals surface area contributed by atoms with Gasteiger partial charge in [-0.25, -0.2) is 4.98 Å². The van der Waals surface area contributed by atoms with Crippen LogP contribution in [0, 0.1) is 11.3 Å². The summed E-state index contributed by atoms with van der Waals surface area (Å²) in [5, 5.41) is 13.5. The lowest BCUT2D eigenvalue weighted by atomic mass is 9.83. The summed E-state index contributed by atoms with van der Waals surface area (Å²) in [5.41, 5.74) is -0.307. The zero-order valence-corrected chi connectivity index (χ0v) is 16.8. The number of thioether (sulfide) groups is 1. The van der Waals surface area contributed by atoms with Crippen molar-refractivity contribution in [1.29, 1.82) is 5.26 Å². The second kappa shape index (κ2) is 9.22. The van der Waals surface area contributed by atoms with Crippen LogP contribution in [0.2, 0.25) is 0 Å². The number of benzene rings is 1. The van der Waals surface area contributed by atoms with E-state index < -0.39 is 5.54 Å². The molecule has 0 aliphatic heterocycles. The van der Waals surface area contributed by atoms with E-state index in [0.717, 1.165) is 19.3 Å². The summed E-state index contributed by atoms with van der Waals surface area (Å²) in [6.45, 7) is 0.733. The van der Waals surface area contributed by atoms with Crippen LogP contribution < -0.4 is 10.9 Å². The molecule has 0 bridgehead atoms. The second-order valence-electron chi connectivity index (χ2n) is 6.95. The lowest BCUT2D eigenvalue weighted by molar-refractivity contribution is -0.120. The van der Waals surface area contributed by atoms with Gasteiger partial charge in [0.1, 0.15) is 5.54 Å². The van der Waals surface area contributed by atoms with Crippen LogP contribution in [0.4, 0.5) is 0 Å². The highest BCUT2D eigenvalue weighted by molar-refractivity contribution is 7.99. The first-order valence-electron chi connectivity index (χ1n) is 9.42. The zero-order valence-electron chi connectivity index (χ0n) is 15.9. The molecule has 0 spiro atoms. The highest BCUT2D eigenvalue weighted by Crippen LogP contribution is 2.28. The summed E-state index contributed by atoms with van der Waals surface area (Å²) in [6.07, 6.45) is 4.37. The van der Waals surface area contributed by atoms with Gasteiger partial charge in [-0.1, -0.05) is 43.2 Å². The van der Waals surface area contributed by atoms with E-state index >= 15 is 0 Å². The van der Waals surface area contributed by atoms with E-state index in [1.165, 1.54) is 11.8 Å². The molecule has 8 heteroatoms. The van der Waals surface area contributed by atoms with Crippen LogP contribution in [-0.4, -0.2) is 40.5 Å². The largest absolute Gasteiger partial charge is 0.383 e. The van der Waals surface area contributed by atoms with E-state index in [4.69, 9.17) is 4.74 Å². The number of amides is 1. The minimum Gasteiger partial charge on any atom is -0.383 e. The van der Waals surface area contributed by atoms with E-state index in [1.54, 1.807) is 29.9 Å². The smallest absolute Gasteiger partial charge is 0.262 e. The maximum atomic E-state index is 12.8. The molecule has 0 unspecified atom stereocenters. The average molecular weight is 401 g/mol. The fraction of sp³-hybridized carbons (Fsp3) is 0.500. The fourth-order valence-electron chi connectivity index (χ4n) is 3.49. The quantitative estimate of drug-likeness (QED) is 0.566. The lowest BCUT2D eigenvalue weighted by Gasteiger charge is -2.31. The van der Waals surface area contributed by atoms with Crippen molar-refractivity contribution in [2.45, 2.75) is 49.3 Å². The third kappa shape index (κ3) is 4.54. The van der Waals surface area contributed by atoms with Crippen LogP contribution in [0.25, 0.3) is 10.9 Å². The molecule has 1 fully saturated rings. The molecule has 28 heavy (non-hydrogen) atoms. The molecule has 1 aromatic heterocycles. The molecule has 1 aliphatic carbocycles. The first-order valence-corrected chi connectivity index (χ1v) is 10.4. The standard InChI is InChI=1S/C20H24N4O3S/c1-27-12-11-24-18(26)15-7-3-4-8-16(15)22-19(24)28-13-17(25)23-20(14-21)9-5-2-6-10-20/h3-4,7-8H,2,5-6,9-13H2,1H3,(H,23,25). The van der Waals surface area contributed by atoms with Crippen molar-refractivity contribution in [2.24, 2.45) is 0 Å². The molecule has 1 amide bonds. The normalized spacial score (nSPS) is 15.9. The predicted octanol–water partition coefficient (Wildman–Crippen LogP) is 2.48. The van der Waals surface area contributed by atoms with Gasteiger partial charge in [0, 0.05) is 7.11 Å². The number of aromatic nitrogens is 2. The van der Waals surface area contributed by atoms with Gasteiger partial charge in [0.25, 0.3) is 5.56 Å². The molecule has 1 aliphatic rings. The van der Waals surface area contributed by atoms with Gasteiger partial charge in [0.2, 0.25) is 5.91 Å². The van der Waals surface area contributed by atoms with Crippen LogP contribution in [0.3, 0.4) is 0 Å². The number of nitrogens with zero attached hydrogens (tertiary/aromatic N) is 3. The molecule has 1 saturated carbocycles. The Morgan fingerprint density at radius 2 is 2.11 bits per heavy atom. The van der Waals surface area contributed by atoms with Gasteiger partial charge < -0.3 is 10.1 Å². The van der Waals surface area contributed by atoms with E-state index in [-0.39, 0.29) is 17.2 Å². The van der Waals surface area contributed by atoms with Crippen molar-refractivity contribution in [3.8, 4) is 6.07 Å². The number of nitriles is 1. The van der Waals surface area contributed by atoms with Gasteiger partial charge >= 0.3 is 0 Å². The molecule has 148 valence electrons. The van der Waals surface area contributed by atoms with Crippen molar-refractivity contribution in [2.75, 3.05) is 19.5 Å². The average Bonchev–Trinajstić information content (AvgIpc) is 2.72. The summed E-state index contributed by atoms with van der Waals surface area (Å²) in [5.74, 6) is -0.115. The number of rotatable bonds is 7. The van der Waals surface area contributed by atoms with Crippen LogP contribution in [0.15, 0.2) is 34.2 Å². The number of para-hydroxylation sites is 1. The Bertz CT molecular complexity index is 945. The number of nitrogens with one attached hydrogen (secondary N) is 1. The third-order valence-corrected chi connectivity index (χ3v) is 5.95. The molecule has 3 rings (SSSR count). The number of hydrogen-bond donors (Lipinski definition) is 1. The molecular weight excluding hydrogens is 376 g/mol. The van der Waals surface area contributed by atoms with E-state index in [1.807, 2.05) is 6.07 Å². The summed E-state index contributed by atoms with van der Waals surface area (Å²) in [6, 6.07) is 9.45. The highest BCUT2D eigenvalue weighted by Gasteiger charge is 2.33. The summed E-state index contributed by atoms with van der Waals surface area (Å²) in [7, 11) is 1.57. The Hall–Kier alpha value is -2.37. The number of carbonyl (C=O) groups is 1. The number of carbonyl (C=O) groups excluding carboxylic acids is 1. The monoisotopic (exact) mass is 400 g/mol. The van der Waals surface area contributed by atoms with Gasteiger partial charge in [-0.3, -0.25) is 14.2 Å². The Balaban J connectivity index is 1.78. The van der Waals surface area contributed by atoms with Gasteiger partial charge in [0.15, 0.2) is 5.16 Å². The number of methoxy groups -OCH3 is 1. The molecule has 0 radical (unpaired) electrons. The van der Waals surface area contributed by atoms with Gasteiger partial charge in [-0.2, -0.15) is 5.26 Å². The molecule has 7 nitrogen and oxygen atoms in total. The van der Waals surface area contributed by atoms with E-state index in [2.05, 4.69) is 16.4 Å². The Morgan fingerprint density at radius 3 is 2.82 bits per heavy atom. The lowest BCUT2D eigenvalue weighted by Crippen LogP contribution is -2.49. The van der Waals surface area contributed by atoms with Crippen molar-refractivity contribution < 1.29 is 9.53 Å². The fourth-order valence-corrected chi connectivity index (χ4v) is 4.32. The Morgan fingerprint density at radius 1 is 1.36 bits per heavy atom. The van der Waals surface area contributed by atoms with Crippen LogP contribution in [0.1, 0.15) is 32.1 Å². The maximum absolute atomic E-state index is 12.8. The third-order valence-electron chi connectivity index (χ3n) is 4.98. The first kappa shape index (κ1) is 20.4. The summed E-state index contributed by atoms with van der Waals surface area (Å²) >= 11 is 1.21. The van der Waals surface area contributed by atoms with Gasteiger partial charge in [0.05, 0.1) is 35.9 Å². The molecule has 1 N–H and O–H groups in total. The Labute approximate surface area is 168 Å². The SMILES string of the molecule is COCCn1c(SCC(=O)NC2(C#N)CCCCC2)nc2ccccc2c1=O. The zero-order chi connectivity index (χ0) is 20.0. The number of ether oxygens (including phenoxy) is 1. The molecule has 0 saturated heterocycles. The number of fused-ring (bicyclic) bond motifs is 1. The van der Waals surface area contributed by atoms with Crippen molar-refractivity contribution in [1.82, 2.24) is 14.9 Å². The van der Waals surface area contributed by atoms with E-state index in [0.29, 0.717) is 42.1 Å². The highest BCUT2D eigenvalue weighted by atomic mass is 32.2. The van der Waals surface area contributed by atoms with E-state index in [9.17, 15) is 14.9 Å². The van der Waals surface area contributed by atoms with Crippen LogP contribution in [0.5, 0.6) is 0 Å². The second-order valence-corrected chi connectivity index (χ2v) is 7.90. The minimum absolute atomic E-state index is 0.0984. The first-order chi connectivity index (χ1) is 13.6. The van der Waals surface area contributed by atoms with Crippen molar-refractivity contribution >= 4 is 28.6 Å². The molecular formula is C20H24N4O3S. The predicted molar refractivity (Wildman–Crippen MR) is 108 cm³/mol. The summed E-state index contributed by atoms with van der Waals surface area (Å²) < 4.78 is 6.66. The molecule has 1 aromatic carbocycles. The summed E-state index contributed by atoms with van der Waals surface area (Å²) in [4.78, 5) is 29.9.